The quantitative estimate of drug-likeness (QED) is 0.698. The number of rotatable bonds is 5. The molecule has 0 bridgehead atoms. The van der Waals surface area contributed by atoms with Gasteiger partial charge in [0, 0.05) is 33.1 Å². The zero-order valence-electron chi connectivity index (χ0n) is 11.4. The third kappa shape index (κ3) is 4.96. The van der Waals surface area contributed by atoms with E-state index in [2.05, 4.69) is 25.6 Å². The standard InChI is InChI=1S/C12H22N6O/c1-17-10-15-11(16-17)3-5-14-12(19)9-18-7-2-4-13-6-8-18/h10,13H,2-9H2,1H3,(H,14,19). The molecule has 0 saturated carbocycles. The highest BCUT2D eigenvalue weighted by atomic mass is 16.2. The second-order valence-corrected chi connectivity index (χ2v) is 4.81. The number of hydrogen-bond acceptors (Lipinski definition) is 5. The lowest BCUT2D eigenvalue weighted by Gasteiger charge is -2.18. The van der Waals surface area contributed by atoms with E-state index in [1.165, 1.54) is 0 Å². The third-order valence-corrected chi connectivity index (χ3v) is 3.12. The molecule has 0 aromatic carbocycles. The van der Waals surface area contributed by atoms with Gasteiger partial charge in [-0.25, -0.2) is 4.98 Å². The second kappa shape index (κ2) is 7.20. The van der Waals surface area contributed by atoms with Gasteiger partial charge in [0.1, 0.15) is 6.33 Å². The summed E-state index contributed by atoms with van der Waals surface area (Å²) < 4.78 is 1.67. The Morgan fingerprint density at radius 2 is 2.37 bits per heavy atom. The summed E-state index contributed by atoms with van der Waals surface area (Å²) in [6.45, 7) is 5.01. The van der Waals surface area contributed by atoms with Crippen LogP contribution in [0.2, 0.25) is 0 Å². The van der Waals surface area contributed by atoms with Gasteiger partial charge in [-0.2, -0.15) is 5.10 Å². The van der Waals surface area contributed by atoms with Gasteiger partial charge in [0.15, 0.2) is 5.82 Å². The molecule has 0 unspecified atom stereocenters. The van der Waals surface area contributed by atoms with Crippen LogP contribution in [0.4, 0.5) is 0 Å². The van der Waals surface area contributed by atoms with E-state index >= 15 is 0 Å². The van der Waals surface area contributed by atoms with Crippen LogP contribution in [0.15, 0.2) is 6.33 Å². The van der Waals surface area contributed by atoms with Crippen LogP contribution >= 0.6 is 0 Å². The van der Waals surface area contributed by atoms with Crippen LogP contribution in [-0.4, -0.2) is 64.8 Å². The van der Waals surface area contributed by atoms with Gasteiger partial charge in [-0.15, -0.1) is 0 Å². The summed E-state index contributed by atoms with van der Waals surface area (Å²) in [6.07, 6.45) is 3.45. The number of nitrogens with one attached hydrogen (secondary N) is 2. The smallest absolute Gasteiger partial charge is 0.234 e. The summed E-state index contributed by atoms with van der Waals surface area (Å²) in [6, 6.07) is 0. The van der Waals surface area contributed by atoms with Crippen molar-refractivity contribution in [2.75, 3.05) is 39.3 Å². The number of hydrogen-bond donors (Lipinski definition) is 2. The van der Waals surface area contributed by atoms with E-state index in [0.717, 1.165) is 38.4 Å². The molecule has 19 heavy (non-hydrogen) atoms. The summed E-state index contributed by atoms with van der Waals surface area (Å²) in [5, 5.41) is 10.4. The van der Waals surface area contributed by atoms with Crippen LogP contribution in [0.25, 0.3) is 0 Å². The Kier molecular flexibility index (Phi) is 5.29. The second-order valence-electron chi connectivity index (χ2n) is 4.81. The molecule has 1 amide bonds. The minimum atomic E-state index is 0.0813. The zero-order chi connectivity index (χ0) is 13.5. The highest BCUT2D eigenvalue weighted by Gasteiger charge is 2.12. The molecule has 0 spiro atoms. The van der Waals surface area contributed by atoms with Gasteiger partial charge in [0.05, 0.1) is 6.54 Å². The number of aromatic nitrogens is 3. The Morgan fingerprint density at radius 3 is 3.16 bits per heavy atom. The number of aryl methyl sites for hydroxylation is 1. The lowest BCUT2D eigenvalue weighted by Crippen LogP contribution is -2.39. The maximum absolute atomic E-state index is 11.8. The van der Waals surface area contributed by atoms with Crippen molar-refractivity contribution >= 4 is 5.91 Å². The highest BCUT2D eigenvalue weighted by Crippen LogP contribution is 1.94. The molecule has 0 aliphatic carbocycles. The van der Waals surface area contributed by atoms with Crippen LogP contribution in [0.3, 0.4) is 0 Å². The molecule has 1 aromatic heterocycles. The molecule has 2 heterocycles. The molecule has 0 atom stereocenters. The van der Waals surface area contributed by atoms with Gasteiger partial charge < -0.3 is 10.6 Å². The van der Waals surface area contributed by atoms with Gasteiger partial charge in [0.25, 0.3) is 0 Å². The van der Waals surface area contributed by atoms with Crippen molar-refractivity contribution < 1.29 is 4.79 Å². The van der Waals surface area contributed by atoms with Crippen LogP contribution < -0.4 is 10.6 Å². The molecule has 2 rings (SSSR count). The van der Waals surface area contributed by atoms with Crippen LogP contribution in [-0.2, 0) is 18.3 Å². The first-order valence-electron chi connectivity index (χ1n) is 6.78. The molecule has 7 heteroatoms. The molecular weight excluding hydrogens is 244 g/mol. The Labute approximate surface area is 113 Å². The van der Waals surface area contributed by atoms with Crippen LogP contribution in [0.1, 0.15) is 12.2 Å². The predicted molar refractivity (Wildman–Crippen MR) is 71.6 cm³/mol. The molecule has 0 radical (unpaired) electrons. The van der Waals surface area contributed by atoms with Crippen molar-refractivity contribution in [1.29, 1.82) is 0 Å². The number of nitrogens with zero attached hydrogens (tertiary/aromatic N) is 4. The molecule has 1 aliphatic rings. The van der Waals surface area contributed by atoms with Gasteiger partial charge in [-0.05, 0) is 19.5 Å². The number of carbonyl (C=O) groups excluding carboxylic acids is 1. The molecule has 1 aliphatic heterocycles. The Hall–Kier alpha value is -1.47. The monoisotopic (exact) mass is 266 g/mol. The molecule has 2 N–H and O–H groups in total. The maximum Gasteiger partial charge on any atom is 0.234 e. The summed E-state index contributed by atoms with van der Waals surface area (Å²) in [5.74, 6) is 0.847. The van der Waals surface area contributed by atoms with E-state index in [4.69, 9.17) is 0 Å². The van der Waals surface area contributed by atoms with Gasteiger partial charge in [-0.3, -0.25) is 14.4 Å². The molecule has 1 aromatic rings. The van der Waals surface area contributed by atoms with Crippen molar-refractivity contribution in [3.05, 3.63) is 12.2 Å². The third-order valence-electron chi connectivity index (χ3n) is 3.12. The van der Waals surface area contributed by atoms with E-state index in [1.807, 2.05) is 7.05 Å². The van der Waals surface area contributed by atoms with Crippen molar-refractivity contribution in [2.24, 2.45) is 7.05 Å². The van der Waals surface area contributed by atoms with Crippen LogP contribution in [0, 0.1) is 0 Å². The van der Waals surface area contributed by atoms with Gasteiger partial charge in [-0.1, -0.05) is 0 Å². The fraction of sp³-hybridized carbons (Fsp3) is 0.750. The van der Waals surface area contributed by atoms with E-state index in [1.54, 1.807) is 11.0 Å². The van der Waals surface area contributed by atoms with E-state index in [9.17, 15) is 4.79 Å². The average Bonchev–Trinajstić information content (AvgIpc) is 2.63. The fourth-order valence-electron chi connectivity index (χ4n) is 2.13. The Morgan fingerprint density at radius 1 is 1.47 bits per heavy atom. The minimum Gasteiger partial charge on any atom is -0.355 e. The first-order valence-corrected chi connectivity index (χ1v) is 6.78. The highest BCUT2D eigenvalue weighted by molar-refractivity contribution is 5.77. The topological polar surface area (TPSA) is 75.1 Å². The first-order chi connectivity index (χ1) is 9.24. The Balaban J connectivity index is 1.63. The van der Waals surface area contributed by atoms with Crippen molar-refractivity contribution in [2.45, 2.75) is 12.8 Å². The van der Waals surface area contributed by atoms with Gasteiger partial charge >= 0.3 is 0 Å². The lowest BCUT2D eigenvalue weighted by molar-refractivity contribution is -0.122. The van der Waals surface area contributed by atoms with Crippen molar-refractivity contribution in [3.8, 4) is 0 Å². The summed E-state index contributed by atoms with van der Waals surface area (Å²) in [4.78, 5) is 18.1. The SMILES string of the molecule is Cn1cnc(CCNC(=O)CN2CCCNCC2)n1. The van der Waals surface area contributed by atoms with Crippen LogP contribution in [0.5, 0.6) is 0 Å². The largest absolute Gasteiger partial charge is 0.355 e. The average molecular weight is 266 g/mol. The molecule has 1 fully saturated rings. The summed E-state index contributed by atoms with van der Waals surface area (Å²) >= 11 is 0. The molecular formula is C12H22N6O. The van der Waals surface area contributed by atoms with E-state index in [-0.39, 0.29) is 5.91 Å². The number of carbonyl (C=O) groups is 1. The molecule has 1 saturated heterocycles. The molecule has 7 nitrogen and oxygen atoms in total. The summed E-state index contributed by atoms with van der Waals surface area (Å²) in [5.41, 5.74) is 0. The van der Waals surface area contributed by atoms with Crippen molar-refractivity contribution in [1.82, 2.24) is 30.3 Å². The van der Waals surface area contributed by atoms with E-state index in [0.29, 0.717) is 19.5 Å². The minimum absolute atomic E-state index is 0.0813. The van der Waals surface area contributed by atoms with Gasteiger partial charge in [0.2, 0.25) is 5.91 Å². The molecule has 106 valence electrons. The fourth-order valence-corrected chi connectivity index (χ4v) is 2.13. The normalized spacial score (nSPS) is 17.1. The lowest BCUT2D eigenvalue weighted by atomic mass is 10.3. The zero-order valence-corrected chi connectivity index (χ0v) is 11.4. The maximum atomic E-state index is 11.8. The van der Waals surface area contributed by atoms with E-state index < -0.39 is 0 Å². The Bertz CT molecular complexity index is 397. The number of amides is 1. The van der Waals surface area contributed by atoms with Crippen molar-refractivity contribution in [3.63, 3.8) is 0 Å². The first kappa shape index (κ1) is 14.0. The predicted octanol–water partition coefficient (Wildman–Crippen LogP) is -1.23. The summed E-state index contributed by atoms with van der Waals surface area (Å²) in [7, 11) is 1.84.